The van der Waals surface area contributed by atoms with E-state index in [0.29, 0.717) is 36.6 Å². The maximum Gasteiger partial charge on any atom is 0.161 e. The molecule has 0 aliphatic rings. The van der Waals surface area contributed by atoms with E-state index in [9.17, 15) is 4.39 Å². The minimum atomic E-state index is -1.05. The van der Waals surface area contributed by atoms with Crippen molar-refractivity contribution in [2.24, 2.45) is 5.73 Å². The zero-order valence-corrected chi connectivity index (χ0v) is 9.70. The molecule has 0 heterocycles. The summed E-state index contributed by atoms with van der Waals surface area (Å²) in [4.78, 5) is 0. The van der Waals surface area contributed by atoms with Crippen molar-refractivity contribution in [2.45, 2.75) is 19.5 Å². The van der Waals surface area contributed by atoms with Crippen LogP contribution in [0.1, 0.15) is 25.1 Å². The number of methoxy groups -OCH3 is 1. The summed E-state index contributed by atoms with van der Waals surface area (Å²) in [5.41, 5.74) is 5.89. The molecule has 0 saturated carbocycles. The van der Waals surface area contributed by atoms with E-state index in [1.54, 1.807) is 18.2 Å². The van der Waals surface area contributed by atoms with Gasteiger partial charge >= 0.3 is 0 Å². The number of benzene rings is 1. The van der Waals surface area contributed by atoms with Crippen LogP contribution in [0.15, 0.2) is 18.2 Å². The standard InChI is InChI=1S/C12H18FNO2/c1-3-16-11-5-4-9(8-12(11)15-2)10(13)6-7-14/h4-5,8,10H,3,6-7,14H2,1-2H3. The number of alkyl halides is 1. The molecule has 1 unspecified atom stereocenters. The fourth-order valence-electron chi connectivity index (χ4n) is 1.47. The highest BCUT2D eigenvalue weighted by Gasteiger charge is 2.12. The van der Waals surface area contributed by atoms with Crippen molar-refractivity contribution in [1.29, 1.82) is 0 Å². The predicted octanol–water partition coefficient (Wildman–Crippen LogP) is 2.45. The monoisotopic (exact) mass is 227 g/mol. The van der Waals surface area contributed by atoms with Crippen molar-refractivity contribution in [1.82, 2.24) is 0 Å². The van der Waals surface area contributed by atoms with Gasteiger partial charge in [-0.25, -0.2) is 4.39 Å². The normalized spacial score (nSPS) is 12.2. The van der Waals surface area contributed by atoms with E-state index >= 15 is 0 Å². The van der Waals surface area contributed by atoms with Crippen LogP contribution in [0, 0.1) is 0 Å². The van der Waals surface area contributed by atoms with E-state index < -0.39 is 6.17 Å². The molecule has 0 saturated heterocycles. The van der Waals surface area contributed by atoms with Crippen LogP contribution >= 0.6 is 0 Å². The van der Waals surface area contributed by atoms with Crippen molar-refractivity contribution >= 4 is 0 Å². The van der Waals surface area contributed by atoms with Gasteiger partial charge in [0, 0.05) is 0 Å². The molecule has 1 aromatic rings. The highest BCUT2D eigenvalue weighted by molar-refractivity contribution is 5.43. The largest absolute Gasteiger partial charge is 0.493 e. The van der Waals surface area contributed by atoms with Crippen LogP contribution in [-0.4, -0.2) is 20.3 Å². The Hall–Kier alpha value is -1.29. The lowest BCUT2D eigenvalue weighted by molar-refractivity contribution is 0.305. The highest BCUT2D eigenvalue weighted by Crippen LogP contribution is 2.32. The molecule has 0 amide bonds. The minimum absolute atomic E-state index is 0.317. The molecule has 0 aliphatic heterocycles. The van der Waals surface area contributed by atoms with Gasteiger partial charge in [0.15, 0.2) is 11.5 Å². The molecule has 4 heteroatoms. The highest BCUT2D eigenvalue weighted by atomic mass is 19.1. The molecule has 1 rings (SSSR count). The van der Waals surface area contributed by atoms with E-state index in [2.05, 4.69) is 0 Å². The average molecular weight is 227 g/mol. The SMILES string of the molecule is CCOc1ccc(C(F)CCN)cc1OC. The first kappa shape index (κ1) is 12.8. The van der Waals surface area contributed by atoms with Gasteiger partial charge in [-0.05, 0) is 37.6 Å². The Morgan fingerprint density at radius 2 is 2.12 bits per heavy atom. The topological polar surface area (TPSA) is 44.5 Å². The molecule has 1 aromatic carbocycles. The van der Waals surface area contributed by atoms with E-state index in [1.807, 2.05) is 6.92 Å². The van der Waals surface area contributed by atoms with Crippen LogP contribution in [0.4, 0.5) is 4.39 Å². The average Bonchev–Trinajstić information content (AvgIpc) is 2.30. The summed E-state index contributed by atoms with van der Waals surface area (Å²) in [6.07, 6.45) is -0.730. The molecule has 0 fully saturated rings. The number of halogens is 1. The smallest absolute Gasteiger partial charge is 0.161 e. The molecule has 0 spiro atoms. The lowest BCUT2D eigenvalue weighted by atomic mass is 10.1. The van der Waals surface area contributed by atoms with Gasteiger partial charge in [0.2, 0.25) is 0 Å². The van der Waals surface area contributed by atoms with Crippen molar-refractivity contribution < 1.29 is 13.9 Å². The Bertz CT molecular complexity index is 331. The second-order valence-corrected chi connectivity index (χ2v) is 3.39. The molecule has 2 N–H and O–H groups in total. The molecule has 3 nitrogen and oxygen atoms in total. The van der Waals surface area contributed by atoms with Crippen molar-refractivity contribution in [3.8, 4) is 11.5 Å². The first-order chi connectivity index (χ1) is 7.72. The number of hydrogen-bond acceptors (Lipinski definition) is 3. The second-order valence-electron chi connectivity index (χ2n) is 3.39. The summed E-state index contributed by atoms with van der Waals surface area (Å²) in [5.74, 6) is 1.19. The zero-order valence-electron chi connectivity index (χ0n) is 9.70. The van der Waals surface area contributed by atoms with Crippen LogP contribution < -0.4 is 15.2 Å². The predicted molar refractivity (Wildman–Crippen MR) is 61.7 cm³/mol. The fourth-order valence-corrected chi connectivity index (χ4v) is 1.47. The van der Waals surface area contributed by atoms with Crippen LogP contribution in [-0.2, 0) is 0 Å². The lowest BCUT2D eigenvalue weighted by Gasteiger charge is -2.12. The fraction of sp³-hybridized carbons (Fsp3) is 0.500. The maximum absolute atomic E-state index is 13.6. The number of rotatable bonds is 6. The first-order valence-corrected chi connectivity index (χ1v) is 5.37. The van der Waals surface area contributed by atoms with Gasteiger partial charge in [-0.2, -0.15) is 0 Å². The van der Waals surface area contributed by atoms with Gasteiger partial charge in [0.25, 0.3) is 0 Å². The zero-order chi connectivity index (χ0) is 12.0. The molecule has 1 atom stereocenters. The maximum atomic E-state index is 13.6. The van der Waals surface area contributed by atoms with Gasteiger partial charge in [-0.15, -0.1) is 0 Å². The summed E-state index contributed by atoms with van der Waals surface area (Å²) < 4.78 is 24.1. The second kappa shape index (κ2) is 6.33. The van der Waals surface area contributed by atoms with E-state index in [0.717, 1.165) is 0 Å². The van der Waals surface area contributed by atoms with Crippen LogP contribution in [0.3, 0.4) is 0 Å². The molecule has 16 heavy (non-hydrogen) atoms. The Kier molecular flexibility index (Phi) is 5.05. The van der Waals surface area contributed by atoms with E-state index in [4.69, 9.17) is 15.2 Å². The van der Waals surface area contributed by atoms with Gasteiger partial charge in [0.05, 0.1) is 13.7 Å². The van der Waals surface area contributed by atoms with Crippen molar-refractivity contribution in [2.75, 3.05) is 20.3 Å². The Morgan fingerprint density at radius 1 is 1.38 bits per heavy atom. The summed E-state index contributed by atoms with van der Waals surface area (Å²) in [6, 6.07) is 5.08. The van der Waals surface area contributed by atoms with E-state index in [1.165, 1.54) is 7.11 Å². The van der Waals surface area contributed by atoms with E-state index in [-0.39, 0.29) is 0 Å². The molecular weight excluding hydrogens is 209 g/mol. The summed E-state index contributed by atoms with van der Waals surface area (Å²) in [6.45, 7) is 2.77. The van der Waals surface area contributed by atoms with Gasteiger partial charge in [0.1, 0.15) is 6.17 Å². The quantitative estimate of drug-likeness (QED) is 0.811. The first-order valence-electron chi connectivity index (χ1n) is 5.37. The number of nitrogens with two attached hydrogens (primary N) is 1. The molecule has 0 radical (unpaired) electrons. The lowest BCUT2D eigenvalue weighted by Crippen LogP contribution is -2.04. The summed E-state index contributed by atoms with van der Waals surface area (Å²) in [5, 5.41) is 0. The van der Waals surface area contributed by atoms with Crippen LogP contribution in [0.25, 0.3) is 0 Å². The summed E-state index contributed by atoms with van der Waals surface area (Å²) in [7, 11) is 1.54. The molecule has 0 aromatic heterocycles. The third-order valence-electron chi connectivity index (χ3n) is 2.27. The Labute approximate surface area is 95.4 Å². The van der Waals surface area contributed by atoms with Gasteiger partial charge in [-0.3, -0.25) is 0 Å². The van der Waals surface area contributed by atoms with Gasteiger partial charge < -0.3 is 15.2 Å². The molecule has 0 aliphatic carbocycles. The van der Waals surface area contributed by atoms with Gasteiger partial charge in [-0.1, -0.05) is 6.07 Å². The van der Waals surface area contributed by atoms with Crippen molar-refractivity contribution in [3.63, 3.8) is 0 Å². The molecule has 90 valence electrons. The number of hydrogen-bond donors (Lipinski definition) is 1. The minimum Gasteiger partial charge on any atom is -0.493 e. The third kappa shape index (κ3) is 3.10. The molecule has 0 bridgehead atoms. The molecular formula is C12H18FNO2. The van der Waals surface area contributed by atoms with Crippen LogP contribution in [0.2, 0.25) is 0 Å². The third-order valence-corrected chi connectivity index (χ3v) is 2.27. The van der Waals surface area contributed by atoms with Crippen molar-refractivity contribution in [3.05, 3.63) is 23.8 Å². The summed E-state index contributed by atoms with van der Waals surface area (Å²) >= 11 is 0. The van der Waals surface area contributed by atoms with Crippen LogP contribution in [0.5, 0.6) is 11.5 Å². The Morgan fingerprint density at radius 3 is 2.69 bits per heavy atom. The number of ether oxygens (including phenoxy) is 2. The Balaban J connectivity index is 2.89.